The topological polar surface area (TPSA) is 20.3 Å². The molecule has 0 spiro atoms. The van der Waals surface area contributed by atoms with Crippen LogP contribution in [0.4, 0.5) is 0 Å². The second-order valence-electron chi connectivity index (χ2n) is 2.46. The Morgan fingerprint density at radius 3 is 2.33 bits per heavy atom. The highest BCUT2D eigenvalue weighted by atomic mass is 79.9. The van der Waals surface area contributed by atoms with Crippen molar-refractivity contribution in [1.82, 2.24) is 4.90 Å². The third-order valence-corrected chi connectivity index (χ3v) is 2.57. The van der Waals surface area contributed by atoms with Gasteiger partial charge in [-0.1, -0.05) is 15.9 Å². The number of hydrogen-bond acceptors (Lipinski definition) is 1. The third kappa shape index (κ3) is 3.76. The molecule has 0 saturated carbocycles. The molecule has 0 fully saturated rings. The number of rotatable bonds is 5. The largest absolute Gasteiger partial charge is 0.342 e. The van der Waals surface area contributed by atoms with Crippen LogP contribution in [-0.2, 0) is 4.79 Å². The van der Waals surface area contributed by atoms with Gasteiger partial charge in [-0.2, -0.15) is 0 Å². The molecule has 1 unspecified atom stereocenters. The minimum Gasteiger partial charge on any atom is -0.342 e. The summed E-state index contributed by atoms with van der Waals surface area (Å²) in [6, 6.07) is 0. The van der Waals surface area contributed by atoms with Crippen LogP contribution in [0.1, 0.15) is 20.3 Å². The van der Waals surface area contributed by atoms with Crippen LogP contribution in [0.25, 0.3) is 0 Å². The van der Waals surface area contributed by atoms with Crippen molar-refractivity contribution in [2.45, 2.75) is 25.6 Å². The van der Waals surface area contributed by atoms with Gasteiger partial charge in [-0.25, -0.2) is 0 Å². The van der Waals surface area contributed by atoms with E-state index in [9.17, 15) is 4.79 Å². The summed E-state index contributed by atoms with van der Waals surface area (Å²) in [5.41, 5.74) is 0. The van der Waals surface area contributed by atoms with E-state index in [2.05, 4.69) is 15.9 Å². The summed E-state index contributed by atoms with van der Waals surface area (Å²) in [6.07, 6.45) is 0.691. The van der Waals surface area contributed by atoms with Gasteiger partial charge >= 0.3 is 0 Å². The van der Waals surface area contributed by atoms with Gasteiger partial charge in [-0.05, 0) is 20.3 Å². The zero-order chi connectivity index (χ0) is 9.56. The Labute approximate surface area is 87.4 Å². The van der Waals surface area contributed by atoms with Crippen LogP contribution in [0.2, 0.25) is 0 Å². The van der Waals surface area contributed by atoms with Gasteiger partial charge in [0.2, 0.25) is 5.91 Å². The molecule has 0 aromatic heterocycles. The van der Waals surface area contributed by atoms with Crippen molar-refractivity contribution in [1.29, 1.82) is 0 Å². The summed E-state index contributed by atoms with van der Waals surface area (Å²) in [5.74, 6) is 0.0427. The van der Waals surface area contributed by atoms with Crippen molar-refractivity contribution in [3.05, 3.63) is 0 Å². The van der Waals surface area contributed by atoms with E-state index in [-0.39, 0.29) is 11.3 Å². The molecule has 0 bridgehead atoms. The maximum Gasteiger partial charge on any atom is 0.240 e. The van der Waals surface area contributed by atoms with E-state index < -0.39 is 0 Å². The molecule has 0 aliphatic rings. The maximum absolute atomic E-state index is 11.5. The van der Waals surface area contributed by atoms with E-state index in [4.69, 9.17) is 11.6 Å². The van der Waals surface area contributed by atoms with Crippen LogP contribution in [0.15, 0.2) is 0 Å². The molecule has 72 valence electrons. The van der Waals surface area contributed by atoms with Gasteiger partial charge in [0.15, 0.2) is 0 Å². The van der Waals surface area contributed by atoms with E-state index in [1.165, 1.54) is 0 Å². The Balaban J connectivity index is 3.97. The molecule has 2 nitrogen and oxygen atoms in total. The number of halogens is 2. The first kappa shape index (κ1) is 12.2. The molecule has 0 rings (SSSR count). The van der Waals surface area contributed by atoms with Crippen LogP contribution in [0, 0.1) is 0 Å². The fourth-order valence-electron chi connectivity index (χ4n) is 0.953. The number of amides is 1. The van der Waals surface area contributed by atoms with Gasteiger partial charge in [0.25, 0.3) is 0 Å². The zero-order valence-electron chi connectivity index (χ0n) is 7.52. The summed E-state index contributed by atoms with van der Waals surface area (Å²) < 4.78 is 0. The van der Waals surface area contributed by atoms with E-state index in [1.54, 1.807) is 4.90 Å². The van der Waals surface area contributed by atoms with Gasteiger partial charge in [0, 0.05) is 18.4 Å². The lowest BCUT2D eigenvalue weighted by Crippen LogP contribution is -2.36. The van der Waals surface area contributed by atoms with Gasteiger partial charge in [-0.3, -0.25) is 4.79 Å². The van der Waals surface area contributed by atoms with E-state index in [0.29, 0.717) is 6.42 Å². The van der Waals surface area contributed by atoms with Crippen LogP contribution in [0.5, 0.6) is 0 Å². The number of carbonyl (C=O) groups is 1. The molecule has 12 heavy (non-hydrogen) atoms. The van der Waals surface area contributed by atoms with E-state index >= 15 is 0 Å². The molecule has 0 aromatic carbocycles. The monoisotopic (exact) mass is 255 g/mol. The zero-order valence-corrected chi connectivity index (χ0v) is 9.86. The Morgan fingerprint density at radius 1 is 1.50 bits per heavy atom. The van der Waals surface area contributed by atoms with Crippen molar-refractivity contribution in [2.75, 3.05) is 18.4 Å². The number of hydrogen-bond donors (Lipinski definition) is 0. The first-order valence-electron chi connectivity index (χ1n) is 4.16. The van der Waals surface area contributed by atoms with Gasteiger partial charge in [0.1, 0.15) is 5.38 Å². The van der Waals surface area contributed by atoms with Crippen LogP contribution in [-0.4, -0.2) is 34.6 Å². The SMILES string of the molecule is CCN(CC)C(=O)C(Cl)CCBr. The van der Waals surface area contributed by atoms with E-state index in [0.717, 1.165) is 18.4 Å². The Bertz CT molecular complexity index is 139. The summed E-state index contributed by atoms with van der Waals surface area (Å²) in [4.78, 5) is 13.2. The smallest absolute Gasteiger partial charge is 0.240 e. The molecule has 1 atom stereocenters. The molecule has 0 aliphatic heterocycles. The predicted octanol–water partition coefficient (Wildman–Crippen LogP) is 2.25. The van der Waals surface area contributed by atoms with Gasteiger partial charge in [0.05, 0.1) is 0 Å². The van der Waals surface area contributed by atoms with Crippen LogP contribution >= 0.6 is 27.5 Å². The third-order valence-electron chi connectivity index (χ3n) is 1.71. The highest BCUT2D eigenvalue weighted by molar-refractivity contribution is 9.09. The predicted molar refractivity (Wildman–Crippen MR) is 56.0 cm³/mol. The Hall–Kier alpha value is 0.240. The average molecular weight is 257 g/mol. The normalized spacial score (nSPS) is 12.7. The molecule has 0 heterocycles. The summed E-state index contributed by atoms with van der Waals surface area (Å²) >= 11 is 9.12. The first-order valence-corrected chi connectivity index (χ1v) is 5.71. The van der Waals surface area contributed by atoms with Crippen molar-refractivity contribution in [3.63, 3.8) is 0 Å². The molecule has 0 saturated heterocycles. The van der Waals surface area contributed by atoms with Crippen molar-refractivity contribution < 1.29 is 4.79 Å². The van der Waals surface area contributed by atoms with E-state index in [1.807, 2.05) is 13.8 Å². The summed E-state index contributed by atoms with van der Waals surface area (Å²) in [5, 5.41) is 0.401. The molecule has 0 N–H and O–H groups in total. The molecule has 0 aliphatic carbocycles. The molecule has 1 amide bonds. The molecule has 4 heteroatoms. The molecular weight excluding hydrogens is 241 g/mol. The molecule has 0 radical (unpaired) electrons. The minimum absolute atomic E-state index is 0.0427. The second-order valence-corrected chi connectivity index (χ2v) is 3.78. The number of carbonyl (C=O) groups excluding carboxylic acids is 1. The van der Waals surface area contributed by atoms with Crippen LogP contribution < -0.4 is 0 Å². The summed E-state index contributed by atoms with van der Waals surface area (Å²) in [6.45, 7) is 5.39. The fraction of sp³-hybridized carbons (Fsp3) is 0.875. The van der Waals surface area contributed by atoms with Gasteiger partial charge in [-0.15, -0.1) is 11.6 Å². The van der Waals surface area contributed by atoms with Crippen LogP contribution in [0.3, 0.4) is 0 Å². The van der Waals surface area contributed by atoms with Crippen molar-refractivity contribution in [3.8, 4) is 0 Å². The fourth-order valence-corrected chi connectivity index (χ4v) is 1.92. The highest BCUT2D eigenvalue weighted by Gasteiger charge is 2.18. The number of alkyl halides is 2. The van der Waals surface area contributed by atoms with Gasteiger partial charge < -0.3 is 4.90 Å². The van der Waals surface area contributed by atoms with Crippen molar-refractivity contribution in [2.24, 2.45) is 0 Å². The average Bonchev–Trinajstić information content (AvgIpc) is 2.07. The first-order chi connectivity index (χ1) is 5.67. The number of nitrogens with zero attached hydrogens (tertiary/aromatic N) is 1. The standard InChI is InChI=1S/C8H15BrClNO/c1-3-11(4-2)8(12)7(10)5-6-9/h7H,3-6H2,1-2H3. The quantitative estimate of drug-likeness (QED) is 0.691. The summed E-state index contributed by atoms with van der Waals surface area (Å²) in [7, 11) is 0. The Morgan fingerprint density at radius 2 is 2.00 bits per heavy atom. The molecule has 0 aromatic rings. The lowest BCUT2D eigenvalue weighted by atomic mass is 10.3. The second kappa shape index (κ2) is 6.72. The molecular formula is C8H15BrClNO. The maximum atomic E-state index is 11.5. The lowest BCUT2D eigenvalue weighted by Gasteiger charge is -2.21. The lowest BCUT2D eigenvalue weighted by molar-refractivity contribution is -0.130. The van der Waals surface area contributed by atoms with Crippen molar-refractivity contribution >= 4 is 33.4 Å². The Kier molecular flexibility index (Phi) is 6.86. The minimum atomic E-state index is -0.371. The highest BCUT2D eigenvalue weighted by Crippen LogP contribution is 2.08.